The van der Waals surface area contributed by atoms with Gasteiger partial charge in [0, 0.05) is 12.3 Å². The van der Waals surface area contributed by atoms with Gasteiger partial charge in [0.1, 0.15) is 0 Å². The first kappa shape index (κ1) is 8.01. The fraction of sp³-hybridized carbons (Fsp3) is 1.00. The Morgan fingerprint density at radius 1 is 1.40 bits per heavy atom. The van der Waals surface area contributed by atoms with Crippen LogP contribution in [0.25, 0.3) is 0 Å². The second kappa shape index (κ2) is 2.51. The van der Waals surface area contributed by atoms with E-state index >= 15 is 0 Å². The van der Waals surface area contributed by atoms with Crippen LogP contribution in [0.15, 0.2) is 0 Å². The second-order valence-corrected chi connectivity index (χ2v) is 5.23. The summed E-state index contributed by atoms with van der Waals surface area (Å²) >= 11 is 0. The first-order valence-corrected chi connectivity index (χ1v) is 5.42. The zero-order valence-electron chi connectivity index (χ0n) is 6.08. The van der Waals surface area contributed by atoms with Crippen molar-refractivity contribution >= 4 is 9.84 Å². The van der Waals surface area contributed by atoms with Gasteiger partial charge in [0.15, 0.2) is 9.84 Å². The average molecular weight is 163 g/mol. The number of rotatable bonds is 1. The van der Waals surface area contributed by atoms with E-state index in [1.807, 2.05) is 0 Å². The topological polar surface area (TPSA) is 60.2 Å². The molecule has 2 atom stereocenters. The Bertz CT molecular complexity index is 210. The molecule has 0 heterocycles. The molecule has 0 aromatic carbocycles. The van der Waals surface area contributed by atoms with Crippen LogP contribution in [0, 0.1) is 0 Å². The second-order valence-electron chi connectivity index (χ2n) is 2.96. The van der Waals surface area contributed by atoms with Crippen LogP contribution in [0.5, 0.6) is 0 Å². The molecule has 0 aromatic rings. The highest BCUT2D eigenvalue weighted by atomic mass is 32.2. The monoisotopic (exact) mass is 163 g/mol. The largest absolute Gasteiger partial charge is 0.327 e. The fourth-order valence-corrected chi connectivity index (χ4v) is 2.85. The van der Waals surface area contributed by atoms with Crippen molar-refractivity contribution in [1.29, 1.82) is 0 Å². The lowest BCUT2D eigenvalue weighted by molar-refractivity contribution is 0.574. The zero-order valence-corrected chi connectivity index (χ0v) is 6.89. The highest BCUT2D eigenvalue weighted by molar-refractivity contribution is 7.91. The molecule has 1 saturated carbocycles. The van der Waals surface area contributed by atoms with E-state index in [9.17, 15) is 8.42 Å². The van der Waals surface area contributed by atoms with Gasteiger partial charge in [0.25, 0.3) is 0 Å². The van der Waals surface area contributed by atoms with Crippen molar-refractivity contribution in [2.75, 3.05) is 6.26 Å². The Morgan fingerprint density at radius 3 is 2.20 bits per heavy atom. The first-order chi connectivity index (χ1) is 4.52. The van der Waals surface area contributed by atoms with Crippen LogP contribution in [0.2, 0.25) is 0 Å². The SMILES string of the molecule is CS(=O)(=O)[C@@H]1CCC[C@H]1N. The Labute approximate surface area is 61.5 Å². The quantitative estimate of drug-likeness (QED) is 0.587. The minimum absolute atomic E-state index is 0.116. The van der Waals surface area contributed by atoms with Crippen molar-refractivity contribution in [3.05, 3.63) is 0 Å². The molecule has 0 spiro atoms. The minimum Gasteiger partial charge on any atom is -0.327 e. The summed E-state index contributed by atoms with van der Waals surface area (Å²) < 4.78 is 21.9. The summed E-state index contributed by atoms with van der Waals surface area (Å²) in [6.45, 7) is 0. The lowest BCUT2D eigenvalue weighted by atomic mass is 10.3. The van der Waals surface area contributed by atoms with E-state index in [1.165, 1.54) is 6.26 Å². The zero-order chi connectivity index (χ0) is 7.78. The molecule has 3 nitrogen and oxygen atoms in total. The third-order valence-corrected chi connectivity index (χ3v) is 3.74. The highest BCUT2D eigenvalue weighted by Gasteiger charge is 2.31. The summed E-state index contributed by atoms with van der Waals surface area (Å²) in [7, 11) is -2.88. The molecule has 1 aliphatic rings. The van der Waals surface area contributed by atoms with Gasteiger partial charge in [-0.15, -0.1) is 0 Å². The van der Waals surface area contributed by atoms with Gasteiger partial charge in [-0.05, 0) is 12.8 Å². The molecule has 0 bridgehead atoms. The van der Waals surface area contributed by atoms with E-state index in [4.69, 9.17) is 5.73 Å². The fourth-order valence-electron chi connectivity index (χ4n) is 1.49. The van der Waals surface area contributed by atoms with Crippen molar-refractivity contribution in [1.82, 2.24) is 0 Å². The maximum Gasteiger partial charge on any atom is 0.151 e. The van der Waals surface area contributed by atoms with Gasteiger partial charge < -0.3 is 5.73 Å². The minimum atomic E-state index is -2.88. The first-order valence-electron chi connectivity index (χ1n) is 3.46. The van der Waals surface area contributed by atoms with E-state index in [0.717, 1.165) is 19.3 Å². The summed E-state index contributed by atoms with van der Waals surface area (Å²) in [6, 6.07) is -0.116. The number of sulfone groups is 1. The van der Waals surface area contributed by atoms with Crippen LogP contribution in [0.3, 0.4) is 0 Å². The molecule has 10 heavy (non-hydrogen) atoms. The van der Waals surface area contributed by atoms with Gasteiger partial charge in [0.05, 0.1) is 5.25 Å². The average Bonchev–Trinajstić information content (AvgIpc) is 2.11. The van der Waals surface area contributed by atoms with Crippen molar-refractivity contribution in [3.8, 4) is 0 Å². The molecule has 60 valence electrons. The van der Waals surface area contributed by atoms with E-state index in [1.54, 1.807) is 0 Å². The summed E-state index contributed by atoms with van der Waals surface area (Å²) in [6.07, 6.45) is 3.83. The van der Waals surface area contributed by atoms with Gasteiger partial charge in [-0.2, -0.15) is 0 Å². The highest BCUT2D eigenvalue weighted by Crippen LogP contribution is 2.22. The Hall–Kier alpha value is -0.0900. The molecular weight excluding hydrogens is 150 g/mol. The Balaban J connectivity index is 2.74. The predicted molar refractivity (Wildman–Crippen MR) is 40.5 cm³/mol. The molecule has 0 radical (unpaired) electrons. The van der Waals surface area contributed by atoms with E-state index in [0.29, 0.717) is 0 Å². The van der Waals surface area contributed by atoms with Crippen LogP contribution in [-0.2, 0) is 9.84 Å². The smallest absolute Gasteiger partial charge is 0.151 e. The third-order valence-electron chi connectivity index (χ3n) is 2.05. The molecule has 0 saturated heterocycles. The molecule has 2 N–H and O–H groups in total. The molecule has 0 unspecified atom stereocenters. The van der Waals surface area contributed by atoms with Gasteiger partial charge in [-0.1, -0.05) is 6.42 Å². The maximum atomic E-state index is 11.0. The lowest BCUT2D eigenvalue weighted by Gasteiger charge is -2.11. The van der Waals surface area contributed by atoms with Gasteiger partial charge in [0.2, 0.25) is 0 Å². The molecule has 0 aliphatic heterocycles. The lowest BCUT2D eigenvalue weighted by Crippen LogP contribution is -2.34. The Kier molecular flexibility index (Phi) is 2.01. The van der Waals surface area contributed by atoms with Crippen LogP contribution >= 0.6 is 0 Å². The summed E-state index contributed by atoms with van der Waals surface area (Å²) in [5.41, 5.74) is 5.59. The molecule has 1 fully saturated rings. The van der Waals surface area contributed by atoms with Gasteiger partial charge in [-0.25, -0.2) is 8.42 Å². The van der Waals surface area contributed by atoms with E-state index in [-0.39, 0.29) is 11.3 Å². The molecular formula is C6H13NO2S. The number of hydrogen-bond donors (Lipinski definition) is 1. The van der Waals surface area contributed by atoms with Crippen LogP contribution in [-0.4, -0.2) is 26.0 Å². The van der Waals surface area contributed by atoms with Crippen molar-refractivity contribution in [2.24, 2.45) is 5.73 Å². The van der Waals surface area contributed by atoms with Gasteiger partial charge >= 0.3 is 0 Å². The van der Waals surface area contributed by atoms with Crippen LogP contribution in [0.4, 0.5) is 0 Å². The predicted octanol–water partition coefficient (Wildman–Crippen LogP) is -0.0892. The summed E-state index contributed by atoms with van der Waals surface area (Å²) in [5.74, 6) is 0. The Morgan fingerprint density at radius 2 is 2.00 bits per heavy atom. The van der Waals surface area contributed by atoms with Crippen molar-refractivity contribution in [3.63, 3.8) is 0 Å². The maximum absolute atomic E-state index is 11.0. The molecule has 1 aliphatic carbocycles. The van der Waals surface area contributed by atoms with E-state index < -0.39 is 9.84 Å². The van der Waals surface area contributed by atoms with Crippen LogP contribution < -0.4 is 5.73 Å². The standard InChI is InChI=1S/C6H13NO2S/c1-10(8,9)6-4-2-3-5(6)7/h5-6H,2-4,7H2,1H3/t5-,6-/m1/s1. The van der Waals surface area contributed by atoms with E-state index in [2.05, 4.69) is 0 Å². The summed E-state index contributed by atoms with van der Waals surface area (Å²) in [5, 5.41) is -0.271. The molecule has 1 rings (SSSR count). The van der Waals surface area contributed by atoms with Crippen LogP contribution in [0.1, 0.15) is 19.3 Å². The van der Waals surface area contributed by atoms with Crippen molar-refractivity contribution in [2.45, 2.75) is 30.6 Å². The molecule has 0 amide bonds. The number of nitrogens with two attached hydrogens (primary N) is 1. The normalized spacial score (nSPS) is 34.6. The molecule has 4 heteroatoms. The number of hydrogen-bond acceptors (Lipinski definition) is 3. The third kappa shape index (κ3) is 1.49. The molecule has 0 aromatic heterocycles. The summed E-state index contributed by atoms with van der Waals surface area (Å²) in [4.78, 5) is 0. The van der Waals surface area contributed by atoms with Crippen molar-refractivity contribution < 1.29 is 8.42 Å². The van der Waals surface area contributed by atoms with Gasteiger partial charge in [-0.3, -0.25) is 0 Å².